The van der Waals surface area contributed by atoms with Crippen LogP contribution in [0.1, 0.15) is 26.7 Å². The fraction of sp³-hybridized carbons (Fsp3) is 0.900. The molecule has 1 aliphatic rings. The fourth-order valence-electron chi connectivity index (χ4n) is 1.78. The van der Waals surface area contributed by atoms with Crippen LogP contribution in [0.25, 0.3) is 0 Å². The number of aliphatic hydroxyl groups is 1. The normalized spacial score (nSPS) is 21.7. The third-order valence-corrected chi connectivity index (χ3v) is 4.16. The van der Waals surface area contributed by atoms with Gasteiger partial charge in [-0.3, -0.25) is 4.79 Å². The highest BCUT2D eigenvalue weighted by atomic mass is 32.2. The van der Waals surface area contributed by atoms with Crippen molar-refractivity contribution >= 4 is 17.7 Å². The van der Waals surface area contributed by atoms with Gasteiger partial charge in [0.05, 0.1) is 18.1 Å². The maximum atomic E-state index is 11.5. The lowest BCUT2D eigenvalue weighted by Gasteiger charge is -2.42. The quantitative estimate of drug-likeness (QED) is 0.712. The predicted molar refractivity (Wildman–Crippen MR) is 57.3 cm³/mol. The van der Waals surface area contributed by atoms with Gasteiger partial charge in [-0.15, -0.1) is 0 Å². The van der Waals surface area contributed by atoms with E-state index in [9.17, 15) is 9.90 Å². The Morgan fingerprint density at radius 3 is 2.36 bits per heavy atom. The van der Waals surface area contributed by atoms with Crippen LogP contribution in [-0.2, 0) is 9.53 Å². The minimum atomic E-state index is -0.897. The second-order valence-electron chi connectivity index (χ2n) is 4.26. The Morgan fingerprint density at radius 1 is 1.43 bits per heavy atom. The van der Waals surface area contributed by atoms with Crippen molar-refractivity contribution in [1.29, 1.82) is 0 Å². The average molecular weight is 218 g/mol. The van der Waals surface area contributed by atoms with Crippen molar-refractivity contribution in [1.82, 2.24) is 0 Å². The summed E-state index contributed by atoms with van der Waals surface area (Å²) in [6, 6.07) is 0. The summed E-state index contributed by atoms with van der Waals surface area (Å²) in [5, 5.41) is 10.4. The molecule has 0 atom stereocenters. The Labute approximate surface area is 89.2 Å². The lowest BCUT2D eigenvalue weighted by Crippen LogP contribution is -2.52. The summed E-state index contributed by atoms with van der Waals surface area (Å²) in [6.07, 6.45) is 1.33. The molecule has 4 heteroatoms. The molecule has 1 saturated heterocycles. The van der Waals surface area contributed by atoms with Crippen molar-refractivity contribution in [2.75, 3.05) is 18.6 Å². The highest BCUT2D eigenvalue weighted by molar-refractivity contribution is 7.99. The molecule has 82 valence electrons. The van der Waals surface area contributed by atoms with Gasteiger partial charge < -0.3 is 9.84 Å². The summed E-state index contributed by atoms with van der Waals surface area (Å²) >= 11 is 1.82. The van der Waals surface area contributed by atoms with Crippen LogP contribution < -0.4 is 0 Å². The molecule has 1 heterocycles. The maximum Gasteiger partial charge on any atom is 0.314 e. The molecule has 0 saturated carbocycles. The third kappa shape index (κ3) is 1.91. The number of methoxy groups -OCH3 is 1. The molecular formula is C10H18O3S. The van der Waals surface area contributed by atoms with E-state index >= 15 is 0 Å². The first kappa shape index (κ1) is 11.9. The van der Waals surface area contributed by atoms with E-state index in [2.05, 4.69) is 0 Å². The van der Waals surface area contributed by atoms with Gasteiger partial charge in [0.2, 0.25) is 0 Å². The molecule has 0 aromatic rings. The lowest BCUT2D eigenvalue weighted by atomic mass is 9.71. The van der Waals surface area contributed by atoms with Gasteiger partial charge >= 0.3 is 5.97 Å². The van der Waals surface area contributed by atoms with Crippen LogP contribution in [0.15, 0.2) is 0 Å². The van der Waals surface area contributed by atoms with E-state index in [0.717, 1.165) is 11.5 Å². The van der Waals surface area contributed by atoms with E-state index in [1.807, 2.05) is 11.8 Å². The van der Waals surface area contributed by atoms with Crippen LogP contribution in [0.4, 0.5) is 0 Å². The van der Waals surface area contributed by atoms with Crippen LogP contribution in [0.3, 0.4) is 0 Å². The van der Waals surface area contributed by atoms with Crippen LogP contribution in [-0.4, -0.2) is 35.3 Å². The number of esters is 1. The molecule has 0 spiro atoms. The molecule has 0 bridgehead atoms. The molecular weight excluding hydrogens is 200 g/mol. The molecule has 14 heavy (non-hydrogen) atoms. The SMILES string of the molecule is COC(=O)C(C)(C)C1(O)CCSCC1. The summed E-state index contributed by atoms with van der Waals surface area (Å²) < 4.78 is 4.73. The predicted octanol–water partition coefficient (Wildman–Crippen LogP) is 1.44. The van der Waals surface area contributed by atoms with Crippen molar-refractivity contribution in [3.05, 3.63) is 0 Å². The van der Waals surface area contributed by atoms with Gasteiger partial charge in [-0.25, -0.2) is 0 Å². The minimum Gasteiger partial charge on any atom is -0.469 e. The molecule has 3 nitrogen and oxygen atoms in total. The zero-order valence-corrected chi connectivity index (χ0v) is 9.82. The number of hydrogen-bond acceptors (Lipinski definition) is 4. The first-order valence-corrected chi connectivity index (χ1v) is 5.98. The molecule has 1 N–H and O–H groups in total. The first-order chi connectivity index (χ1) is 6.44. The van der Waals surface area contributed by atoms with E-state index < -0.39 is 11.0 Å². The largest absolute Gasteiger partial charge is 0.469 e. The van der Waals surface area contributed by atoms with Crippen molar-refractivity contribution in [2.45, 2.75) is 32.3 Å². The van der Waals surface area contributed by atoms with Crippen LogP contribution in [0.5, 0.6) is 0 Å². The van der Waals surface area contributed by atoms with Gasteiger partial charge in [-0.05, 0) is 38.2 Å². The summed E-state index contributed by atoms with van der Waals surface area (Å²) in [6.45, 7) is 3.52. The smallest absolute Gasteiger partial charge is 0.314 e. The monoisotopic (exact) mass is 218 g/mol. The first-order valence-electron chi connectivity index (χ1n) is 4.82. The number of carbonyl (C=O) groups is 1. The van der Waals surface area contributed by atoms with E-state index in [1.165, 1.54) is 7.11 Å². The molecule has 0 aromatic carbocycles. The van der Waals surface area contributed by atoms with Crippen LogP contribution in [0, 0.1) is 5.41 Å². The van der Waals surface area contributed by atoms with Crippen molar-refractivity contribution in [2.24, 2.45) is 5.41 Å². The summed E-state index contributed by atoms with van der Waals surface area (Å²) in [5.74, 6) is 1.50. The molecule has 1 rings (SSSR count). The zero-order valence-electron chi connectivity index (χ0n) is 9.00. The molecule has 1 fully saturated rings. The lowest BCUT2D eigenvalue weighted by molar-refractivity contribution is -0.169. The second-order valence-corrected chi connectivity index (χ2v) is 5.49. The van der Waals surface area contributed by atoms with E-state index in [0.29, 0.717) is 12.8 Å². The molecule has 0 unspecified atom stereocenters. The Bertz CT molecular complexity index is 219. The number of hydrogen-bond donors (Lipinski definition) is 1. The summed E-state index contributed by atoms with van der Waals surface area (Å²) in [7, 11) is 1.37. The van der Waals surface area contributed by atoms with E-state index in [-0.39, 0.29) is 5.97 Å². The number of carbonyl (C=O) groups excluding carboxylic acids is 1. The van der Waals surface area contributed by atoms with Crippen LogP contribution >= 0.6 is 11.8 Å². The Morgan fingerprint density at radius 2 is 1.93 bits per heavy atom. The molecule has 0 radical (unpaired) electrons. The molecule has 0 amide bonds. The Hall–Kier alpha value is -0.220. The second kappa shape index (κ2) is 4.11. The van der Waals surface area contributed by atoms with Gasteiger partial charge in [0.15, 0.2) is 0 Å². The van der Waals surface area contributed by atoms with Gasteiger partial charge in [0.25, 0.3) is 0 Å². The topological polar surface area (TPSA) is 46.5 Å². The third-order valence-electron chi connectivity index (χ3n) is 3.18. The number of thioether (sulfide) groups is 1. The van der Waals surface area contributed by atoms with Gasteiger partial charge in [0.1, 0.15) is 0 Å². The van der Waals surface area contributed by atoms with Crippen molar-refractivity contribution in [3.8, 4) is 0 Å². The van der Waals surface area contributed by atoms with Crippen LogP contribution in [0.2, 0.25) is 0 Å². The highest BCUT2D eigenvalue weighted by Gasteiger charge is 2.49. The van der Waals surface area contributed by atoms with E-state index in [1.54, 1.807) is 13.8 Å². The number of ether oxygens (including phenoxy) is 1. The highest BCUT2D eigenvalue weighted by Crippen LogP contribution is 2.41. The molecule has 0 aliphatic carbocycles. The molecule has 1 aliphatic heterocycles. The average Bonchev–Trinajstić information content (AvgIpc) is 2.17. The standard InChI is InChI=1S/C10H18O3S/c1-9(2,8(11)13-3)10(12)4-6-14-7-5-10/h12H,4-7H2,1-3H3. The van der Waals surface area contributed by atoms with Crippen molar-refractivity contribution < 1.29 is 14.6 Å². The Balaban J connectivity index is 2.82. The zero-order chi connectivity index (χ0) is 10.8. The minimum absolute atomic E-state index is 0.327. The van der Waals surface area contributed by atoms with Gasteiger partial charge in [0, 0.05) is 0 Å². The van der Waals surface area contributed by atoms with Gasteiger partial charge in [-0.2, -0.15) is 11.8 Å². The maximum absolute atomic E-state index is 11.5. The summed E-state index contributed by atoms with van der Waals surface area (Å²) in [5.41, 5.74) is -1.70. The number of rotatable bonds is 2. The Kier molecular flexibility index (Phi) is 3.48. The van der Waals surface area contributed by atoms with Crippen molar-refractivity contribution in [3.63, 3.8) is 0 Å². The fourth-order valence-corrected chi connectivity index (χ4v) is 2.95. The molecule has 0 aromatic heterocycles. The van der Waals surface area contributed by atoms with Gasteiger partial charge in [-0.1, -0.05) is 0 Å². The summed E-state index contributed by atoms with van der Waals surface area (Å²) in [4.78, 5) is 11.5. The van der Waals surface area contributed by atoms with E-state index in [4.69, 9.17) is 4.74 Å².